The monoisotopic (exact) mass is 297 g/mol. The van der Waals surface area contributed by atoms with Crippen molar-refractivity contribution in [2.75, 3.05) is 5.33 Å². The minimum absolute atomic E-state index is 0.00600. The topological polar surface area (TPSA) is 29.1 Å². The number of amides is 1. The number of carbonyl (C=O) groups is 1. The van der Waals surface area contributed by atoms with E-state index in [1.807, 2.05) is 30.3 Å². The number of benzene rings is 1. The molecule has 0 radical (unpaired) electrons. The number of nitrogens with one attached hydrogen (secondary N) is 1. The lowest BCUT2D eigenvalue weighted by Gasteiger charge is -2.31. The van der Waals surface area contributed by atoms with Crippen molar-refractivity contribution in [1.82, 2.24) is 5.32 Å². The van der Waals surface area contributed by atoms with E-state index in [4.69, 9.17) is 0 Å². The standard InChI is InChI=1S/C14H20BrNO/c1-14(2,3)12(9-10-15)16-13(17)11-7-5-4-6-8-11/h4-8,12H,9-10H2,1-3H3,(H,16,17). The molecule has 1 rings (SSSR count). The first-order valence-electron chi connectivity index (χ1n) is 5.87. The molecule has 1 aromatic rings. The average Bonchev–Trinajstić information content (AvgIpc) is 2.28. The van der Waals surface area contributed by atoms with E-state index in [9.17, 15) is 4.79 Å². The van der Waals surface area contributed by atoms with Crippen molar-refractivity contribution in [3.8, 4) is 0 Å². The second kappa shape index (κ2) is 6.20. The molecule has 0 aromatic heterocycles. The van der Waals surface area contributed by atoms with Gasteiger partial charge in [0, 0.05) is 16.9 Å². The van der Waals surface area contributed by atoms with Crippen molar-refractivity contribution in [3.63, 3.8) is 0 Å². The molecule has 0 aliphatic rings. The first-order valence-corrected chi connectivity index (χ1v) is 6.99. The van der Waals surface area contributed by atoms with Crippen LogP contribution in [0.2, 0.25) is 0 Å². The van der Waals surface area contributed by atoms with Crippen molar-refractivity contribution < 1.29 is 4.79 Å². The molecule has 0 spiro atoms. The van der Waals surface area contributed by atoms with Crippen molar-refractivity contribution in [1.29, 1.82) is 0 Å². The molecule has 94 valence electrons. The zero-order chi connectivity index (χ0) is 12.9. The summed E-state index contributed by atoms with van der Waals surface area (Å²) in [6.45, 7) is 6.43. The van der Waals surface area contributed by atoms with Gasteiger partial charge in [-0.15, -0.1) is 0 Å². The molecule has 0 heterocycles. The van der Waals surface area contributed by atoms with Gasteiger partial charge in [-0.05, 0) is 24.0 Å². The zero-order valence-corrected chi connectivity index (χ0v) is 12.3. The Kier molecular flexibility index (Phi) is 5.19. The van der Waals surface area contributed by atoms with E-state index < -0.39 is 0 Å². The fourth-order valence-electron chi connectivity index (χ4n) is 1.66. The average molecular weight is 298 g/mol. The predicted octanol–water partition coefficient (Wildman–Crippen LogP) is 3.62. The second-order valence-corrected chi connectivity index (χ2v) is 6.03. The highest BCUT2D eigenvalue weighted by atomic mass is 79.9. The number of halogens is 1. The van der Waals surface area contributed by atoms with Crippen LogP contribution < -0.4 is 5.32 Å². The van der Waals surface area contributed by atoms with Crippen LogP contribution in [-0.2, 0) is 0 Å². The molecule has 1 atom stereocenters. The third kappa shape index (κ3) is 4.50. The lowest BCUT2D eigenvalue weighted by molar-refractivity contribution is 0.0901. The maximum absolute atomic E-state index is 12.1. The molecule has 3 heteroatoms. The fourth-order valence-corrected chi connectivity index (χ4v) is 2.12. The van der Waals surface area contributed by atoms with Crippen molar-refractivity contribution in [2.24, 2.45) is 5.41 Å². The highest BCUT2D eigenvalue weighted by Crippen LogP contribution is 2.22. The van der Waals surface area contributed by atoms with E-state index in [-0.39, 0.29) is 17.4 Å². The van der Waals surface area contributed by atoms with Crippen LogP contribution in [0.1, 0.15) is 37.6 Å². The molecule has 1 amide bonds. The maximum atomic E-state index is 12.1. The highest BCUT2D eigenvalue weighted by molar-refractivity contribution is 9.09. The van der Waals surface area contributed by atoms with Gasteiger partial charge in [0.25, 0.3) is 5.91 Å². The maximum Gasteiger partial charge on any atom is 0.251 e. The molecule has 0 aliphatic carbocycles. The summed E-state index contributed by atoms with van der Waals surface area (Å²) in [4.78, 5) is 12.1. The first-order chi connectivity index (χ1) is 7.95. The smallest absolute Gasteiger partial charge is 0.251 e. The molecule has 0 fully saturated rings. The molecule has 0 bridgehead atoms. The summed E-state index contributed by atoms with van der Waals surface area (Å²) < 4.78 is 0. The number of carbonyl (C=O) groups excluding carboxylic acids is 1. The Morgan fingerprint density at radius 2 is 1.88 bits per heavy atom. The normalized spacial score (nSPS) is 13.2. The van der Waals surface area contributed by atoms with E-state index >= 15 is 0 Å². The Bertz CT molecular complexity index is 356. The summed E-state index contributed by atoms with van der Waals surface area (Å²) in [5, 5.41) is 4.00. The van der Waals surface area contributed by atoms with Crippen LogP contribution in [0.25, 0.3) is 0 Å². The lowest BCUT2D eigenvalue weighted by atomic mass is 9.85. The number of hydrogen-bond donors (Lipinski definition) is 1. The van der Waals surface area contributed by atoms with Gasteiger partial charge in [0.2, 0.25) is 0 Å². The SMILES string of the molecule is CC(C)(C)C(CCBr)NC(=O)c1ccccc1. The molecule has 1 unspecified atom stereocenters. The fraction of sp³-hybridized carbons (Fsp3) is 0.500. The molecule has 1 aromatic carbocycles. The largest absolute Gasteiger partial charge is 0.349 e. The Labute approximate surface area is 112 Å². The molecular weight excluding hydrogens is 278 g/mol. The molecule has 2 nitrogen and oxygen atoms in total. The van der Waals surface area contributed by atoms with Gasteiger partial charge >= 0.3 is 0 Å². The van der Waals surface area contributed by atoms with Gasteiger partial charge in [-0.3, -0.25) is 4.79 Å². The molecule has 0 saturated heterocycles. The third-order valence-electron chi connectivity index (χ3n) is 2.78. The Balaban J connectivity index is 2.71. The van der Waals surface area contributed by atoms with Crippen molar-refractivity contribution >= 4 is 21.8 Å². The Morgan fingerprint density at radius 3 is 2.35 bits per heavy atom. The number of rotatable bonds is 4. The van der Waals surface area contributed by atoms with Gasteiger partial charge in [-0.2, -0.15) is 0 Å². The predicted molar refractivity (Wildman–Crippen MR) is 75.6 cm³/mol. The zero-order valence-electron chi connectivity index (χ0n) is 10.7. The van der Waals surface area contributed by atoms with Crippen molar-refractivity contribution in [2.45, 2.75) is 33.2 Å². The van der Waals surface area contributed by atoms with Crippen LogP contribution in [-0.4, -0.2) is 17.3 Å². The molecule has 0 aliphatic heterocycles. The second-order valence-electron chi connectivity index (χ2n) is 5.24. The van der Waals surface area contributed by atoms with Crippen LogP contribution in [0.15, 0.2) is 30.3 Å². The van der Waals surface area contributed by atoms with E-state index in [0.717, 1.165) is 17.3 Å². The van der Waals surface area contributed by atoms with Gasteiger partial charge in [0.15, 0.2) is 0 Å². The third-order valence-corrected chi connectivity index (χ3v) is 3.24. The summed E-state index contributed by atoms with van der Waals surface area (Å²) in [7, 11) is 0. The molecule has 17 heavy (non-hydrogen) atoms. The van der Waals surface area contributed by atoms with Crippen molar-refractivity contribution in [3.05, 3.63) is 35.9 Å². The van der Waals surface area contributed by atoms with Crippen LogP contribution in [0.3, 0.4) is 0 Å². The number of alkyl halides is 1. The van der Waals surface area contributed by atoms with Gasteiger partial charge < -0.3 is 5.32 Å². The van der Waals surface area contributed by atoms with Gasteiger partial charge in [0.1, 0.15) is 0 Å². The first kappa shape index (κ1) is 14.2. The molecule has 0 saturated carbocycles. The quantitative estimate of drug-likeness (QED) is 0.845. The summed E-state index contributed by atoms with van der Waals surface area (Å²) in [5.74, 6) is 0.00600. The molecule has 1 N–H and O–H groups in total. The summed E-state index contributed by atoms with van der Waals surface area (Å²) in [6, 6.07) is 9.52. The minimum atomic E-state index is 0.00600. The summed E-state index contributed by atoms with van der Waals surface area (Å²) in [6.07, 6.45) is 0.933. The van der Waals surface area contributed by atoms with E-state index in [0.29, 0.717) is 0 Å². The van der Waals surface area contributed by atoms with Gasteiger partial charge in [0.05, 0.1) is 0 Å². The van der Waals surface area contributed by atoms with Gasteiger partial charge in [-0.1, -0.05) is 54.9 Å². The van der Waals surface area contributed by atoms with Crippen LogP contribution >= 0.6 is 15.9 Å². The Morgan fingerprint density at radius 1 is 1.29 bits per heavy atom. The van der Waals surface area contributed by atoms with Crippen LogP contribution in [0, 0.1) is 5.41 Å². The summed E-state index contributed by atoms with van der Waals surface area (Å²) >= 11 is 3.44. The Hall–Kier alpha value is -0.830. The molecular formula is C14H20BrNO. The van der Waals surface area contributed by atoms with E-state index in [1.165, 1.54) is 0 Å². The minimum Gasteiger partial charge on any atom is -0.349 e. The number of hydrogen-bond acceptors (Lipinski definition) is 1. The van der Waals surface area contributed by atoms with Crippen LogP contribution in [0.5, 0.6) is 0 Å². The van der Waals surface area contributed by atoms with E-state index in [1.54, 1.807) is 0 Å². The van der Waals surface area contributed by atoms with Crippen LogP contribution in [0.4, 0.5) is 0 Å². The summed E-state index contributed by atoms with van der Waals surface area (Å²) in [5.41, 5.74) is 0.786. The lowest BCUT2D eigenvalue weighted by Crippen LogP contribution is -2.43. The van der Waals surface area contributed by atoms with E-state index in [2.05, 4.69) is 42.0 Å². The highest BCUT2D eigenvalue weighted by Gasteiger charge is 2.25. The van der Waals surface area contributed by atoms with Gasteiger partial charge in [-0.25, -0.2) is 0 Å².